The van der Waals surface area contributed by atoms with E-state index < -0.39 is 0 Å². The third-order valence-corrected chi connectivity index (χ3v) is 5.79. The highest BCUT2D eigenvalue weighted by Gasteiger charge is 2.18. The summed E-state index contributed by atoms with van der Waals surface area (Å²) in [4.78, 5) is 18.3. The van der Waals surface area contributed by atoms with Crippen molar-refractivity contribution in [2.24, 2.45) is 0 Å². The molecule has 0 aliphatic carbocycles. The molecule has 1 amide bonds. The molecule has 7 heteroatoms. The molecule has 0 radical (unpaired) electrons. The Morgan fingerprint density at radius 2 is 2.10 bits per heavy atom. The summed E-state index contributed by atoms with van der Waals surface area (Å²) in [6.07, 6.45) is 0. The van der Waals surface area contributed by atoms with Crippen LogP contribution in [-0.4, -0.2) is 10.9 Å². The summed E-state index contributed by atoms with van der Waals surface area (Å²) in [7, 11) is 0. The Bertz CT molecular complexity index is 834. The maximum atomic E-state index is 12.4. The Labute approximate surface area is 138 Å². The number of benzene rings is 1. The van der Waals surface area contributed by atoms with Crippen LogP contribution in [0.1, 0.15) is 20.2 Å². The van der Waals surface area contributed by atoms with Gasteiger partial charge in [0.05, 0.1) is 11.4 Å². The van der Waals surface area contributed by atoms with Gasteiger partial charge in [0.1, 0.15) is 4.88 Å². The highest BCUT2D eigenvalue weighted by atomic mass is 79.9. The highest BCUT2D eigenvalue weighted by Crippen LogP contribution is 2.36. The molecular weight excluding hydrogens is 370 g/mol. The van der Waals surface area contributed by atoms with E-state index in [-0.39, 0.29) is 5.91 Å². The average Bonchev–Trinajstić information content (AvgIpc) is 2.90. The lowest BCUT2D eigenvalue weighted by Gasteiger charge is -1.99. The molecular formula is C14H12BrN3OS2. The van der Waals surface area contributed by atoms with E-state index in [1.54, 1.807) is 0 Å². The van der Waals surface area contributed by atoms with Crippen LogP contribution in [-0.2, 0) is 0 Å². The minimum Gasteiger partial charge on any atom is -0.397 e. The topological polar surface area (TPSA) is 68.0 Å². The first-order chi connectivity index (χ1) is 9.95. The number of aryl methyl sites for hydroxylation is 2. The summed E-state index contributed by atoms with van der Waals surface area (Å²) >= 11 is 6.28. The number of hydrogen-bond acceptors (Lipinski definition) is 5. The Morgan fingerprint density at radius 1 is 1.33 bits per heavy atom. The average molecular weight is 382 g/mol. The second-order valence-corrected chi connectivity index (χ2v) is 7.77. The fourth-order valence-electron chi connectivity index (χ4n) is 1.94. The second-order valence-electron chi connectivity index (χ2n) is 4.60. The smallest absolute Gasteiger partial charge is 0.269 e. The molecule has 108 valence electrons. The van der Waals surface area contributed by atoms with Crippen molar-refractivity contribution < 1.29 is 4.79 Å². The molecule has 0 fully saturated rings. The van der Waals surface area contributed by atoms with Crippen molar-refractivity contribution in [3.63, 3.8) is 0 Å². The van der Waals surface area contributed by atoms with Gasteiger partial charge in [-0.15, -0.1) is 22.7 Å². The molecule has 0 unspecified atom stereocenters. The van der Waals surface area contributed by atoms with Gasteiger partial charge in [-0.05, 0) is 26.0 Å². The maximum absolute atomic E-state index is 12.4. The van der Waals surface area contributed by atoms with Crippen molar-refractivity contribution >= 4 is 65.4 Å². The first-order valence-electron chi connectivity index (χ1n) is 6.18. The van der Waals surface area contributed by atoms with E-state index >= 15 is 0 Å². The first-order valence-corrected chi connectivity index (χ1v) is 8.61. The molecule has 2 heterocycles. The lowest BCUT2D eigenvalue weighted by molar-refractivity contribution is 0.103. The maximum Gasteiger partial charge on any atom is 0.269 e. The van der Waals surface area contributed by atoms with E-state index in [2.05, 4.69) is 26.2 Å². The Hall–Kier alpha value is -1.44. The van der Waals surface area contributed by atoms with Gasteiger partial charge in [0, 0.05) is 19.4 Å². The van der Waals surface area contributed by atoms with Crippen molar-refractivity contribution in [3.05, 3.63) is 38.1 Å². The number of amides is 1. The summed E-state index contributed by atoms with van der Waals surface area (Å²) in [5.41, 5.74) is 7.55. The zero-order chi connectivity index (χ0) is 15.1. The van der Waals surface area contributed by atoms with Crippen LogP contribution in [0.2, 0.25) is 0 Å². The Morgan fingerprint density at radius 3 is 2.76 bits per heavy atom. The second kappa shape index (κ2) is 5.40. The minimum absolute atomic E-state index is 0.210. The molecule has 1 aromatic carbocycles. The number of carbonyl (C=O) groups is 1. The van der Waals surface area contributed by atoms with Crippen LogP contribution in [0.4, 0.5) is 10.8 Å². The fraction of sp³-hybridized carbons (Fsp3) is 0.143. The van der Waals surface area contributed by atoms with Gasteiger partial charge < -0.3 is 5.73 Å². The van der Waals surface area contributed by atoms with Crippen LogP contribution in [0.15, 0.2) is 22.7 Å². The number of aromatic nitrogens is 1. The first kappa shape index (κ1) is 14.5. The van der Waals surface area contributed by atoms with Gasteiger partial charge in [0.15, 0.2) is 5.13 Å². The Balaban J connectivity index is 1.96. The summed E-state index contributed by atoms with van der Waals surface area (Å²) < 4.78 is 1.95. The number of thiophene rings is 1. The number of nitrogens with one attached hydrogen (secondary N) is 1. The number of nitrogens with zero attached hydrogens (tertiary/aromatic N) is 1. The minimum atomic E-state index is -0.210. The lowest BCUT2D eigenvalue weighted by atomic mass is 10.2. The molecule has 3 rings (SSSR count). The molecule has 3 aromatic rings. The number of rotatable bonds is 2. The normalized spacial score (nSPS) is 11.0. The molecule has 0 aliphatic rings. The number of nitrogen functional groups attached to an aromatic ring is 1. The monoisotopic (exact) mass is 381 g/mol. The molecule has 3 N–H and O–H groups in total. The molecule has 0 aliphatic heterocycles. The number of hydrogen-bond donors (Lipinski definition) is 2. The fourth-order valence-corrected chi connectivity index (χ4v) is 4.32. The largest absolute Gasteiger partial charge is 0.397 e. The summed E-state index contributed by atoms with van der Waals surface area (Å²) in [6, 6.07) is 5.80. The number of carbonyl (C=O) groups excluding carboxylic acids is 1. The number of fused-ring (bicyclic) bond motifs is 1. The molecule has 2 aromatic heterocycles. The third-order valence-electron chi connectivity index (χ3n) is 3.15. The number of anilines is 2. The Kier molecular flexibility index (Phi) is 3.73. The van der Waals surface area contributed by atoms with Crippen LogP contribution >= 0.6 is 38.6 Å². The SMILES string of the molecule is Cc1nc(NC(=O)c2sc3cc(Br)ccc3c2N)sc1C. The van der Waals surface area contributed by atoms with Crippen molar-refractivity contribution in [1.29, 1.82) is 0 Å². The van der Waals surface area contributed by atoms with Gasteiger partial charge in [0.2, 0.25) is 0 Å². The summed E-state index contributed by atoms with van der Waals surface area (Å²) in [6.45, 7) is 3.90. The predicted molar refractivity (Wildman–Crippen MR) is 93.5 cm³/mol. The van der Waals surface area contributed by atoms with Gasteiger partial charge in [-0.25, -0.2) is 4.98 Å². The van der Waals surface area contributed by atoms with Gasteiger partial charge in [-0.3, -0.25) is 10.1 Å². The van der Waals surface area contributed by atoms with Gasteiger partial charge in [-0.2, -0.15) is 0 Å². The standard InChI is InChI=1S/C14H12BrN3OS2/c1-6-7(2)20-14(17-6)18-13(19)12-11(16)9-4-3-8(15)5-10(9)21-12/h3-5H,16H2,1-2H3,(H,17,18,19). The molecule has 0 bridgehead atoms. The predicted octanol–water partition coefficient (Wildman–Crippen LogP) is 4.57. The van der Waals surface area contributed by atoms with Crippen LogP contribution < -0.4 is 11.1 Å². The van der Waals surface area contributed by atoms with E-state index in [9.17, 15) is 4.79 Å². The molecule has 21 heavy (non-hydrogen) atoms. The number of thiazole rings is 1. The van der Waals surface area contributed by atoms with Crippen molar-refractivity contribution in [2.75, 3.05) is 11.1 Å². The van der Waals surface area contributed by atoms with Gasteiger partial charge in [0.25, 0.3) is 5.91 Å². The number of halogens is 1. The van der Waals surface area contributed by atoms with E-state index in [1.165, 1.54) is 22.7 Å². The molecule has 0 spiro atoms. The quantitative estimate of drug-likeness (QED) is 0.682. The lowest BCUT2D eigenvalue weighted by Crippen LogP contribution is -2.11. The third kappa shape index (κ3) is 2.68. The summed E-state index contributed by atoms with van der Waals surface area (Å²) in [5.74, 6) is -0.210. The van der Waals surface area contributed by atoms with Gasteiger partial charge >= 0.3 is 0 Å². The van der Waals surface area contributed by atoms with Crippen molar-refractivity contribution in [3.8, 4) is 0 Å². The zero-order valence-corrected chi connectivity index (χ0v) is 14.6. The van der Waals surface area contributed by atoms with Crippen molar-refractivity contribution in [1.82, 2.24) is 4.98 Å². The highest BCUT2D eigenvalue weighted by molar-refractivity contribution is 9.10. The summed E-state index contributed by atoms with van der Waals surface area (Å²) in [5, 5.41) is 4.33. The van der Waals surface area contributed by atoms with E-state index in [0.717, 1.165) is 25.1 Å². The van der Waals surface area contributed by atoms with E-state index in [4.69, 9.17) is 5.73 Å². The molecule has 4 nitrogen and oxygen atoms in total. The number of nitrogens with two attached hydrogens (primary N) is 1. The molecule has 0 saturated heterocycles. The van der Waals surface area contributed by atoms with Crippen LogP contribution in [0.3, 0.4) is 0 Å². The zero-order valence-electron chi connectivity index (χ0n) is 11.4. The molecule has 0 atom stereocenters. The van der Waals surface area contributed by atoms with Crippen LogP contribution in [0.5, 0.6) is 0 Å². The van der Waals surface area contributed by atoms with E-state index in [0.29, 0.717) is 15.7 Å². The molecule has 0 saturated carbocycles. The van der Waals surface area contributed by atoms with E-state index in [1.807, 2.05) is 32.0 Å². The van der Waals surface area contributed by atoms with Crippen LogP contribution in [0.25, 0.3) is 10.1 Å². The van der Waals surface area contributed by atoms with Gasteiger partial charge in [-0.1, -0.05) is 22.0 Å². The van der Waals surface area contributed by atoms with Crippen molar-refractivity contribution in [2.45, 2.75) is 13.8 Å². The van der Waals surface area contributed by atoms with Crippen LogP contribution in [0, 0.1) is 13.8 Å².